The van der Waals surface area contributed by atoms with Crippen molar-refractivity contribution in [2.24, 2.45) is 5.10 Å². The van der Waals surface area contributed by atoms with Gasteiger partial charge in [0.25, 0.3) is 0 Å². The Morgan fingerprint density at radius 3 is 2.77 bits per heavy atom. The topological polar surface area (TPSA) is 68.9 Å². The second-order valence-corrected chi connectivity index (χ2v) is 5.67. The molecule has 0 aliphatic carbocycles. The van der Waals surface area contributed by atoms with Crippen LogP contribution in [0.2, 0.25) is 5.02 Å². The molecule has 110 valence electrons. The van der Waals surface area contributed by atoms with Gasteiger partial charge in [0, 0.05) is 28.9 Å². The van der Waals surface area contributed by atoms with Crippen LogP contribution in [0, 0.1) is 0 Å². The Morgan fingerprint density at radius 2 is 2.00 bits per heavy atom. The number of H-pyrrole nitrogens is 2. The maximum Gasteiger partial charge on any atom is 0.0894 e. The molecule has 0 amide bonds. The molecule has 0 saturated heterocycles. The lowest BCUT2D eigenvalue weighted by atomic mass is 10.0. The van der Waals surface area contributed by atoms with Gasteiger partial charge in [0.15, 0.2) is 0 Å². The SMILES string of the molecule is Clc1ccc(-c2cn[nH]c2C2=NNC(c3ccc[nH]3)C2)cc1. The molecule has 2 aromatic heterocycles. The summed E-state index contributed by atoms with van der Waals surface area (Å²) >= 11 is 5.96. The summed E-state index contributed by atoms with van der Waals surface area (Å²) in [5, 5.41) is 12.4. The third kappa shape index (κ3) is 2.29. The number of hydrogen-bond donors (Lipinski definition) is 3. The van der Waals surface area contributed by atoms with Gasteiger partial charge in [0.05, 0.1) is 23.6 Å². The van der Waals surface area contributed by atoms with Gasteiger partial charge in [-0.3, -0.25) is 5.10 Å². The van der Waals surface area contributed by atoms with E-state index in [1.165, 1.54) is 0 Å². The smallest absolute Gasteiger partial charge is 0.0894 e. The normalized spacial score (nSPS) is 17.3. The first-order valence-corrected chi connectivity index (χ1v) is 7.44. The highest BCUT2D eigenvalue weighted by Crippen LogP contribution is 2.29. The molecule has 1 aliphatic heterocycles. The van der Waals surface area contributed by atoms with Crippen molar-refractivity contribution >= 4 is 17.3 Å². The van der Waals surface area contributed by atoms with Crippen LogP contribution in [0.1, 0.15) is 23.9 Å². The highest BCUT2D eigenvalue weighted by Gasteiger charge is 2.24. The minimum atomic E-state index is 0.173. The van der Waals surface area contributed by atoms with E-state index in [-0.39, 0.29) is 6.04 Å². The Labute approximate surface area is 132 Å². The molecule has 0 bridgehead atoms. The third-order valence-electron chi connectivity index (χ3n) is 3.83. The monoisotopic (exact) mass is 311 g/mol. The van der Waals surface area contributed by atoms with Crippen molar-refractivity contribution in [1.29, 1.82) is 0 Å². The van der Waals surface area contributed by atoms with Gasteiger partial charge in [-0.2, -0.15) is 10.2 Å². The minimum absolute atomic E-state index is 0.173. The van der Waals surface area contributed by atoms with E-state index in [2.05, 4.69) is 31.8 Å². The summed E-state index contributed by atoms with van der Waals surface area (Å²) in [5.41, 5.74) is 8.33. The molecule has 1 aromatic carbocycles. The Kier molecular flexibility index (Phi) is 3.20. The predicted octanol–water partition coefficient (Wildman–Crippen LogP) is 3.50. The minimum Gasteiger partial charge on any atom is -0.363 e. The summed E-state index contributed by atoms with van der Waals surface area (Å²) in [6, 6.07) is 12.0. The number of aromatic nitrogens is 3. The number of rotatable bonds is 3. The van der Waals surface area contributed by atoms with Crippen LogP contribution < -0.4 is 5.43 Å². The summed E-state index contributed by atoms with van der Waals surface area (Å²) in [5.74, 6) is 0. The molecular weight excluding hydrogens is 298 g/mol. The molecule has 0 radical (unpaired) electrons. The van der Waals surface area contributed by atoms with Gasteiger partial charge in [-0.15, -0.1) is 0 Å². The number of benzene rings is 1. The number of hydrazone groups is 1. The fraction of sp³-hybridized carbons (Fsp3) is 0.125. The maximum absolute atomic E-state index is 5.96. The summed E-state index contributed by atoms with van der Waals surface area (Å²) < 4.78 is 0. The Hall–Kier alpha value is -2.53. The van der Waals surface area contributed by atoms with E-state index >= 15 is 0 Å². The van der Waals surface area contributed by atoms with E-state index in [0.29, 0.717) is 0 Å². The van der Waals surface area contributed by atoms with Crippen LogP contribution in [0.15, 0.2) is 53.9 Å². The lowest BCUT2D eigenvalue weighted by molar-refractivity contribution is 0.606. The highest BCUT2D eigenvalue weighted by atomic mass is 35.5. The van der Waals surface area contributed by atoms with Crippen LogP contribution in [0.4, 0.5) is 0 Å². The van der Waals surface area contributed by atoms with Crippen LogP contribution in [0.5, 0.6) is 0 Å². The number of halogens is 1. The Morgan fingerprint density at radius 1 is 1.14 bits per heavy atom. The van der Waals surface area contributed by atoms with Gasteiger partial charge in [-0.1, -0.05) is 23.7 Å². The van der Waals surface area contributed by atoms with Crippen molar-refractivity contribution < 1.29 is 0 Å². The fourth-order valence-electron chi connectivity index (χ4n) is 2.69. The molecule has 1 atom stereocenters. The summed E-state index contributed by atoms with van der Waals surface area (Å²) in [7, 11) is 0. The highest BCUT2D eigenvalue weighted by molar-refractivity contribution is 6.30. The number of nitrogens with one attached hydrogen (secondary N) is 3. The fourth-order valence-corrected chi connectivity index (χ4v) is 2.82. The van der Waals surface area contributed by atoms with Crippen LogP contribution in [-0.2, 0) is 0 Å². The predicted molar refractivity (Wildman–Crippen MR) is 86.9 cm³/mol. The lowest BCUT2D eigenvalue weighted by Crippen LogP contribution is -2.10. The molecule has 4 rings (SSSR count). The first-order chi connectivity index (χ1) is 10.8. The number of aromatic amines is 2. The molecule has 1 aliphatic rings. The molecule has 6 heteroatoms. The van der Waals surface area contributed by atoms with Crippen molar-refractivity contribution in [3.05, 3.63) is 65.2 Å². The molecule has 3 heterocycles. The van der Waals surface area contributed by atoms with E-state index in [4.69, 9.17) is 11.6 Å². The van der Waals surface area contributed by atoms with Crippen molar-refractivity contribution in [3.8, 4) is 11.1 Å². The molecular formula is C16H14ClN5. The van der Waals surface area contributed by atoms with E-state index < -0.39 is 0 Å². The number of nitrogens with zero attached hydrogens (tertiary/aromatic N) is 2. The first-order valence-electron chi connectivity index (χ1n) is 7.06. The molecule has 3 N–H and O–H groups in total. The van der Waals surface area contributed by atoms with Gasteiger partial charge in [-0.25, -0.2) is 0 Å². The number of hydrogen-bond acceptors (Lipinski definition) is 3. The van der Waals surface area contributed by atoms with Crippen molar-refractivity contribution in [2.75, 3.05) is 0 Å². The molecule has 3 aromatic rings. The van der Waals surface area contributed by atoms with E-state index in [0.717, 1.165) is 39.7 Å². The third-order valence-corrected chi connectivity index (χ3v) is 4.09. The van der Waals surface area contributed by atoms with Gasteiger partial charge >= 0.3 is 0 Å². The Balaban J connectivity index is 1.62. The van der Waals surface area contributed by atoms with Crippen molar-refractivity contribution in [1.82, 2.24) is 20.6 Å². The van der Waals surface area contributed by atoms with Gasteiger partial charge in [-0.05, 0) is 29.8 Å². The molecule has 5 nitrogen and oxygen atoms in total. The second kappa shape index (κ2) is 5.35. The van der Waals surface area contributed by atoms with Crippen LogP contribution in [0.25, 0.3) is 11.1 Å². The zero-order valence-electron chi connectivity index (χ0n) is 11.7. The molecule has 0 fully saturated rings. The van der Waals surface area contributed by atoms with Gasteiger partial charge in [0.1, 0.15) is 0 Å². The van der Waals surface area contributed by atoms with Gasteiger partial charge in [0.2, 0.25) is 0 Å². The zero-order valence-corrected chi connectivity index (χ0v) is 12.4. The lowest BCUT2D eigenvalue weighted by Gasteiger charge is -2.07. The molecule has 0 spiro atoms. The molecule has 0 saturated carbocycles. The van der Waals surface area contributed by atoms with Crippen LogP contribution >= 0.6 is 11.6 Å². The van der Waals surface area contributed by atoms with Crippen LogP contribution in [0.3, 0.4) is 0 Å². The zero-order chi connectivity index (χ0) is 14.9. The summed E-state index contributed by atoms with van der Waals surface area (Å²) in [4.78, 5) is 3.22. The quantitative estimate of drug-likeness (QED) is 0.693. The van der Waals surface area contributed by atoms with Gasteiger partial charge < -0.3 is 10.4 Å². The Bertz CT molecular complexity index is 801. The van der Waals surface area contributed by atoms with E-state index in [9.17, 15) is 0 Å². The van der Waals surface area contributed by atoms with Crippen molar-refractivity contribution in [3.63, 3.8) is 0 Å². The molecule has 1 unspecified atom stereocenters. The van der Waals surface area contributed by atoms with Crippen LogP contribution in [-0.4, -0.2) is 20.9 Å². The average Bonchev–Trinajstić information content (AvgIpc) is 3.27. The molecule has 22 heavy (non-hydrogen) atoms. The average molecular weight is 312 g/mol. The maximum atomic E-state index is 5.96. The summed E-state index contributed by atoms with van der Waals surface area (Å²) in [6.07, 6.45) is 4.55. The van der Waals surface area contributed by atoms with E-state index in [1.54, 1.807) is 0 Å². The van der Waals surface area contributed by atoms with Crippen molar-refractivity contribution in [2.45, 2.75) is 12.5 Å². The van der Waals surface area contributed by atoms with E-state index in [1.807, 2.05) is 42.7 Å². The standard InChI is InChI=1S/C16H14ClN5/c17-11-5-3-10(4-6-11)12-9-19-22-16(12)15-8-14(20-21-15)13-2-1-7-18-13/h1-7,9,14,18,20H,8H2,(H,19,22). The summed E-state index contributed by atoms with van der Waals surface area (Å²) in [6.45, 7) is 0. The first kappa shape index (κ1) is 13.2. The largest absolute Gasteiger partial charge is 0.363 e. The second-order valence-electron chi connectivity index (χ2n) is 5.24.